The summed E-state index contributed by atoms with van der Waals surface area (Å²) in [5.74, 6) is -1.22. The van der Waals surface area contributed by atoms with E-state index in [1.807, 2.05) is 19.1 Å². The second kappa shape index (κ2) is 6.64. The number of nitrogens with one attached hydrogen (secondary N) is 1. The highest BCUT2D eigenvalue weighted by Crippen LogP contribution is 2.18. The molecule has 2 aromatic rings. The van der Waals surface area contributed by atoms with E-state index in [9.17, 15) is 9.59 Å². The van der Waals surface area contributed by atoms with Gasteiger partial charge in [-0.2, -0.15) is 0 Å². The van der Waals surface area contributed by atoms with Crippen molar-refractivity contribution in [3.05, 3.63) is 43.5 Å². The third kappa shape index (κ3) is 4.24. The van der Waals surface area contributed by atoms with Crippen LogP contribution in [0.1, 0.15) is 30.1 Å². The molecule has 0 aromatic carbocycles. The van der Waals surface area contributed by atoms with Crippen LogP contribution in [0.3, 0.4) is 0 Å². The Labute approximate surface area is 130 Å². The molecule has 0 unspecified atom stereocenters. The SMILES string of the molecule is Cc1ccc(C=CC(=O)NCc2nc(C)c(C(=O)O)s2)s1. The zero-order chi connectivity index (χ0) is 15.4. The zero-order valence-electron chi connectivity index (χ0n) is 11.5. The average molecular weight is 322 g/mol. The minimum absolute atomic E-state index is 0.212. The van der Waals surface area contributed by atoms with Crippen LogP contribution in [0.15, 0.2) is 18.2 Å². The standard InChI is InChI=1S/C14H14N2O3S2/c1-8-3-4-10(20-8)5-6-11(17)15-7-12-16-9(2)13(21-12)14(18)19/h3-6H,7H2,1-2H3,(H,15,17)(H,18,19). The summed E-state index contributed by atoms with van der Waals surface area (Å²) >= 11 is 2.69. The molecule has 2 aromatic heterocycles. The number of hydrogen-bond donors (Lipinski definition) is 2. The number of thiazole rings is 1. The van der Waals surface area contributed by atoms with Gasteiger partial charge in [0.15, 0.2) is 0 Å². The molecule has 110 valence electrons. The van der Waals surface area contributed by atoms with Crippen molar-refractivity contribution in [2.75, 3.05) is 0 Å². The Morgan fingerprint density at radius 3 is 2.67 bits per heavy atom. The van der Waals surface area contributed by atoms with Crippen LogP contribution in [-0.4, -0.2) is 22.0 Å². The highest BCUT2D eigenvalue weighted by molar-refractivity contribution is 7.13. The summed E-state index contributed by atoms with van der Waals surface area (Å²) in [5.41, 5.74) is 0.473. The Hall–Kier alpha value is -1.99. The monoisotopic (exact) mass is 322 g/mol. The molecule has 2 heterocycles. The number of amides is 1. The number of aromatic nitrogens is 1. The number of nitrogens with zero attached hydrogens (tertiary/aromatic N) is 1. The van der Waals surface area contributed by atoms with Crippen molar-refractivity contribution in [1.82, 2.24) is 10.3 Å². The maximum absolute atomic E-state index is 11.7. The summed E-state index contributed by atoms with van der Waals surface area (Å²) in [6, 6.07) is 3.95. The van der Waals surface area contributed by atoms with E-state index >= 15 is 0 Å². The number of hydrogen-bond acceptors (Lipinski definition) is 5. The molecule has 0 saturated heterocycles. The smallest absolute Gasteiger partial charge is 0.347 e. The Morgan fingerprint density at radius 2 is 2.10 bits per heavy atom. The fourth-order valence-electron chi connectivity index (χ4n) is 1.65. The van der Waals surface area contributed by atoms with Crippen molar-refractivity contribution in [2.45, 2.75) is 20.4 Å². The van der Waals surface area contributed by atoms with Crippen molar-refractivity contribution < 1.29 is 14.7 Å². The first-order valence-corrected chi connectivity index (χ1v) is 7.81. The second-order valence-electron chi connectivity index (χ2n) is 4.33. The molecule has 0 bridgehead atoms. The summed E-state index contributed by atoms with van der Waals surface area (Å²) in [5, 5.41) is 12.2. The first kappa shape index (κ1) is 15.4. The molecule has 1 amide bonds. The van der Waals surface area contributed by atoms with Gasteiger partial charge in [0, 0.05) is 15.8 Å². The number of thiophene rings is 1. The van der Waals surface area contributed by atoms with Gasteiger partial charge in [0.05, 0.1) is 12.2 Å². The predicted molar refractivity (Wildman–Crippen MR) is 83.7 cm³/mol. The van der Waals surface area contributed by atoms with Gasteiger partial charge in [-0.3, -0.25) is 4.79 Å². The van der Waals surface area contributed by atoms with E-state index in [0.29, 0.717) is 10.7 Å². The number of carbonyl (C=O) groups is 2. The fraction of sp³-hybridized carbons (Fsp3) is 0.214. The molecular formula is C14H14N2O3S2. The second-order valence-corrected chi connectivity index (χ2v) is 6.73. The lowest BCUT2D eigenvalue weighted by atomic mass is 10.4. The van der Waals surface area contributed by atoms with Gasteiger partial charge in [0.2, 0.25) is 5.91 Å². The maximum atomic E-state index is 11.7. The molecule has 0 aliphatic carbocycles. The Bertz CT molecular complexity index is 701. The van der Waals surface area contributed by atoms with E-state index in [1.165, 1.54) is 11.0 Å². The van der Waals surface area contributed by atoms with Crippen molar-refractivity contribution in [3.63, 3.8) is 0 Å². The Balaban J connectivity index is 1.90. The summed E-state index contributed by atoms with van der Waals surface area (Å²) in [6.45, 7) is 3.88. The molecule has 0 aliphatic heterocycles. The van der Waals surface area contributed by atoms with Crippen LogP contribution in [0.25, 0.3) is 6.08 Å². The molecule has 2 N–H and O–H groups in total. The largest absolute Gasteiger partial charge is 0.477 e. The number of carbonyl (C=O) groups excluding carboxylic acids is 1. The fourth-order valence-corrected chi connectivity index (χ4v) is 3.27. The normalized spacial score (nSPS) is 11.0. The lowest BCUT2D eigenvalue weighted by Crippen LogP contribution is -2.20. The summed E-state index contributed by atoms with van der Waals surface area (Å²) in [6.07, 6.45) is 3.21. The van der Waals surface area contributed by atoms with Crippen LogP contribution in [0.4, 0.5) is 0 Å². The number of aromatic carboxylic acids is 1. The third-order valence-electron chi connectivity index (χ3n) is 2.61. The van der Waals surface area contributed by atoms with Gasteiger partial charge < -0.3 is 10.4 Å². The van der Waals surface area contributed by atoms with E-state index in [0.717, 1.165) is 16.2 Å². The van der Waals surface area contributed by atoms with Gasteiger partial charge in [-0.15, -0.1) is 22.7 Å². The Morgan fingerprint density at radius 1 is 1.33 bits per heavy atom. The van der Waals surface area contributed by atoms with Gasteiger partial charge in [-0.1, -0.05) is 0 Å². The minimum Gasteiger partial charge on any atom is -0.477 e. The molecule has 0 radical (unpaired) electrons. The lowest BCUT2D eigenvalue weighted by Gasteiger charge is -1.97. The maximum Gasteiger partial charge on any atom is 0.347 e. The van der Waals surface area contributed by atoms with E-state index < -0.39 is 5.97 Å². The number of carboxylic acid groups (broad SMARTS) is 1. The van der Waals surface area contributed by atoms with Crippen LogP contribution < -0.4 is 5.32 Å². The lowest BCUT2D eigenvalue weighted by molar-refractivity contribution is -0.116. The van der Waals surface area contributed by atoms with Crippen LogP contribution in [0.5, 0.6) is 0 Å². The first-order chi connectivity index (χ1) is 9.95. The Kier molecular flexibility index (Phi) is 4.87. The van der Waals surface area contributed by atoms with Crippen LogP contribution >= 0.6 is 22.7 Å². The summed E-state index contributed by atoms with van der Waals surface area (Å²) < 4.78 is 0. The molecular weight excluding hydrogens is 308 g/mol. The van der Waals surface area contributed by atoms with Crippen molar-refractivity contribution in [3.8, 4) is 0 Å². The molecule has 0 aliphatic rings. The van der Waals surface area contributed by atoms with Gasteiger partial charge in [-0.25, -0.2) is 9.78 Å². The molecule has 21 heavy (non-hydrogen) atoms. The molecule has 0 spiro atoms. The van der Waals surface area contributed by atoms with Crippen molar-refractivity contribution >= 4 is 40.6 Å². The van der Waals surface area contributed by atoms with E-state index in [-0.39, 0.29) is 17.3 Å². The molecule has 0 fully saturated rings. The van der Waals surface area contributed by atoms with Crippen LogP contribution in [-0.2, 0) is 11.3 Å². The summed E-state index contributed by atoms with van der Waals surface area (Å²) in [7, 11) is 0. The molecule has 7 heteroatoms. The number of rotatable bonds is 5. The zero-order valence-corrected chi connectivity index (χ0v) is 13.2. The molecule has 5 nitrogen and oxygen atoms in total. The minimum atomic E-state index is -0.990. The molecule has 2 rings (SSSR count). The molecule has 0 saturated carbocycles. The summed E-state index contributed by atoms with van der Waals surface area (Å²) in [4.78, 5) is 29.1. The van der Waals surface area contributed by atoms with Crippen LogP contribution in [0, 0.1) is 13.8 Å². The predicted octanol–water partition coefficient (Wildman–Crippen LogP) is 2.85. The number of aryl methyl sites for hydroxylation is 2. The van der Waals surface area contributed by atoms with Crippen molar-refractivity contribution in [1.29, 1.82) is 0 Å². The van der Waals surface area contributed by atoms with E-state index in [1.54, 1.807) is 24.3 Å². The van der Waals surface area contributed by atoms with Crippen LogP contribution in [0.2, 0.25) is 0 Å². The average Bonchev–Trinajstić information content (AvgIpc) is 3.00. The van der Waals surface area contributed by atoms with E-state index in [4.69, 9.17) is 5.11 Å². The van der Waals surface area contributed by atoms with E-state index in [2.05, 4.69) is 10.3 Å². The highest BCUT2D eigenvalue weighted by Gasteiger charge is 2.13. The van der Waals surface area contributed by atoms with Gasteiger partial charge in [-0.05, 0) is 32.1 Å². The quantitative estimate of drug-likeness (QED) is 0.830. The number of carboxylic acids is 1. The van der Waals surface area contributed by atoms with Crippen molar-refractivity contribution in [2.24, 2.45) is 0 Å². The topological polar surface area (TPSA) is 79.3 Å². The third-order valence-corrected chi connectivity index (χ3v) is 4.72. The first-order valence-electron chi connectivity index (χ1n) is 6.17. The molecule has 0 atom stereocenters. The highest BCUT2D eigenvalue weighted by atomic mass is 32.1. The van der Waals surface area contributed by atoms with Gasteiger partial charge >= 0.3 is 5.97 Å². The van der Waals surface area contributed by atoms with Gasteiger partial charge in [0.25, 0.3) is 0 Å². The van der Waals surface area contributed by atoms with Gasteiger partial charge in [0.1, 0.15) is 9.88 Å².